The van der Waals surface area contributed by atoms with Gasteiger partial charge in [-0.1, -0.05) is 0 Å². The Kier molecular flexibility index (Phi) is 5.66. The molecule has 0 saturated carbocycles. The van der Waals surface area contributed by atoms with Crippen LogP contribution in [-0.2, 0) is 14.5 Å². The summed E-state index contributed by atoms with van der Waals surface area (Å²) in [6.45, 7) is 2.52. The summed E-state index contributed by atoms with van der Waals surface area (Å²) in [5.41, 5.74) is 2.95. The molecule has 2 aliphatic heterocycles. The summed E-state index contributed by atoms with van der Waals surface area (Å²) in [4.78, 5) is 13.2. The minimum atomic E-state index is -2.16. The molecule has 0 spiro atoms. The smallest absolute Gasteiger partial charge is 0.238 e. The molecule has 2 N–H and O–H groups in total. The third-order valence-corrected chi connectivity index (χ3v) is 8.05. The quantitative estimate of drug-likeness (QED) is 0.602. The van der Waals surface area contributed by atoms with Crippen LogP contribution in [0.2, 0.25) is 0 Å². The number of anilines is 2. The van der Waals surface area contributed by atoms with Crippen molar-refractivity contribution in [1.82, 2.24) is 15.0 Å². The Morgan fingerprint density at radius 2 is 2.06 bits per heavy atom. The zero-order chi connectivity index (χ0) is 22.1. The molecule has 168 valence electrons. The summed E-state index contributed by atoms with van der Waals surface area (Å²) in [5, 5.41) is 14.1. The Labute approximate surface area is 186 Å². The highest BCUT2D eigenvalue weighted by Gasteiger charge is 2.29. The molecule has 0 aliphatic carbocycles. The van der Waals surface area contributed by atoms with Gasteiger partial charge in [-0.3, -0.25) is 0 Å². The average Bonchev–Trinajstić information content (AvgIpc) is 3.37. The molecule has 0 unspecified atom stereocenters. The van der Waals surface area contributed by atoms with Crippen molar-refractivity contribution in [3.05, 3.63) is 42.4 Å². The first kappa shape index (κ1) is 21.0. The van der Waals surface area contributed by atoms with Gasteiger partial charge in [0.25, 0.3) is 0 Å². The van der Waals surface area contributed by atoms with Gasteiger partial charge in [0.05, 0.1) is 34.1 Å². The first-order chi connectivity index (χ1) is 15.5. The number of aliphatic hydroxyl groups excluding tert-OH is 1. The molecular formula is C22H25N5O4S. The molecule has 2 fully saturated rings. The molecule has 1 aromatic carbocycles. The van der Waals surface area contributed by atoms with Crippen LogP contribution in [0.3, 0.4) is 0 Å². The predicted molar refractivity (Wildman–Crippen MR) is 122 cm³/mol. The van der Waals surface area contributed by atoms with E-state index in [0.29, 0.717) is 46.7 Å². The van der Waals surface area contributed by atoms with Crippen LogP contribution in [0.4, 0.5) is 17.2 Å². The number of hydrogen-bond donors (Lipinski definition) is 2. The van der Waals surface area contributed by atoms with Crippen molar-refractivity contribution in [1.29, 1.82) is 0 Å². The van der Waals surface area contributed by atoms with Crippen LogP contribution in [0.1, 0.15) is 18.4 Å². The van der Waals surface area contributed by atoms with Crippen molar-refractivity contribution < 1.29 is 18.8 Å². The molecule has 2 aromatic heterocycles. The Morgan fingerprint density at radius 1 is 1.22 bits per heavy atom. The zero-order valence-corrected chi connectivity index (χ0v) is 18.5. The number of aromatic nitrogens is 3. The Balaban J connectivity index is 1.49. The fraction of sp³-hybridized carbons (Fsp3) is 0.409. The molecular weight excluding hydrogens is 430 g/mol. The average molecular weight is 456 g/mol. The van der Waals surface area contributed by atoms with Crippen LogP contribution >= 0.6 is 0 Å². The van der Waals surface area contributed by atoms with E-state index in [2.05, 4.69) is 24.6 Å². The maximum absolute atomic E-state index is 12.9. The SMILES string of the molecule is Cc1cc(N=S2(=O)CCCC2)cc2ncnc(Nc3cccnc3O[C@@H]3COC[C@H]3O)c12. The van der Waals surface area contributed by atoms with Gasteiger partial charge in [0, 0.05) is 23.1 Å². The van der Waals surface area contributed by atoms with Crippen molar-refractivity contribution >= 4 is 37.8 Å². The number of rotatable bonds is 5. The lowest BCUT2D eigenvalue weighted by Crippen LogP contribution is -2.30. The van der Waals surface area contributed by atoms with Crippen LogP contribution in [0.15, 0.2) is 41.2 Å². The molecule has 0 radical (unpaired) electrons. The zero-order valence-electron chi connectivity index (χ0n) is 17.7. The number of aryl methyl sites for hydroxylation is 1. The lowest BCUT2D eigenvalue weighted by molar-refractivity contribution is 0.0709. The van der Waals surface area contributed by atoms with Gasteiger partial charge in [0.1, 0.15) is 23.9 Å². The topological polar surface area (TPSA) is 119 Å². The fourth-order valence-corrected chi connectivity index (χ4v) is 6.23. The molecule has 9 nitrogen and oxygen atoms in total. The van der Waals surface area contributed by atoms with Crippen molar-refractivity contribution in [3.8, 4) is 5.88 Å². The van der Waals surface area contributed by atoms with Crippen LogP contribution in [-0.4, -0.2) is 61.2 Å². The number of fused-ring (bicyclic) bond motifs is 1. The number of hydrogen-bond acceptors (Lipinski definition) is 9. The van der Waals surface area contributed by atoms with E-state index < -0.39 is 21.9 Å². The van der Waals surface area contributed by atoms with E-state index >= 15 is 0 Å². The number of pyridine rings is 1. The molecule has 10 heteroatoms. The van der Waals surface area contributed by atoms with Gasteiger partial charge in [-0.25, -0.2) is 19.2 Å². The van der Waals surface area contributed by atoms with E-state index in [9.17, 15) is 9.32 Å². The Hall–Kier alpha value is -2.82. The van der Waals surface area contributed by atoms with Gasteiger partial charge in [-0.15, -0.1) is 0 Å². The molecule has 4 heterocycles. The van der Waals surface area contributed by atoms with E-state index in [0.717, 1.165) is 23.8 Å². The maximum Gasteiger partial charge on any atom is 0.238 e. The van der Waals surface area contributed by atoms with Gasteiger partial charge in [-0.2, -0.15) is 4.36 Å². The molecule has 5 rings (SSSR count). The standard InChI is InChI=1S/C22H25N5O4S/c1-14-9-15(27-32(29)7-2-3-8-32)10-17-20(14)21(25-13-24-17)26-16-5-4-6-23-22(16)31-19-12-30-11-18(19)28/h4-6,9-10,13,18-19,28H,2-3,7-8,11-12H2,1H3,(H,24,25,26)/t18-,19-/m1/s1. The van der Waals surface area contributed by atoms with Gasteiger partial charge in [0.15, 0.2) is 6.10 Å². The summed E-state index contributed by atoms with van der Waals surface area (Å²) in [6, 6.07) is 7.41. The van der Waals surface area contributed by atoms with Gasteiger partial charge >= 0.3 is 0 Å². The number of ether oxygens (including phenoxy) is 2. The Bertz CT molecular complexity index is 1260. The maximum atomic E-state index is 12.9. The van der Waals surface area contributed by atoms with Gasteiger partial charge in [-0.05, 0) is 49.6 Å². The summed E-state index contributed by atoms with van der Waals surface area (Å²) in [5.74, 6) is 2.28. The minimum absolute atomic E-state index is 0.246. The monoisotopic (exact) mass is 455 g/mol. The highest BCUT2D eigenvalue weighted by molar-refractivity contribution is 7.93. The normalized spacial score (nSPS) is 22.2. The van der Waals surface area contributed by atoms with E-state index in [1.54, 1.807) is 12.3 Å². The molecule has 0 amide bonds. The summed E-state index contributed by atoms with van der Waals surface area (Å²) < 4.78 is 28.6. The van der Waals surface area contributed by atoms with E-state index in [4.69, 9.17) is 9.47 Å². The van der Waals surface area contributed by atoms with Crippen LogP contribution in [0, 0.1) is 6.92 Å². The summed E-state index contributed by atoms with van der Waals surface area (Å²) in [6.07, 6.45) is 3.87. The molecule has 0 bridgehead atoms. The Morgan fingerprint density at radius 3 is 2.84 bits per heavy atom. The largest absolute Gasteiger partial charge is 0.468 e. The first-order valence-corrected chi connectivity index (χ1v) is 12.5. The summed E-state index contributed by atoms with van der Waals surface area (Å²) >= 11 is 0. The van der Waals surface area contributed by atoms with Crippen molar-refractivity contribution in [3.63, 3.8) is 0 Å². The first-order valence-electron chi connectivity index (χ1n) is 10.6. The van der Waals surface area contributed by atoms with E-state index in [1.807, 2.05) is 25.1 Å². The lowest BCUT2D eigenvalue weighted by atomic mass is 10.1. The second-order valence-corrected chi connectivity index (χ2v) is 10.6. The molecule has 2 aliphatic rings. The number of benzene rings is 1. The number of nitrogens with zero attached hydrogens (tertiary/aromatic N) is 4. The molecule has 3 aromatic rings. The third-order valence-electron chi connectivity index (χ3n) is 5.66. The van der Waals surface area contributed by atoms with Crippen LogP contribution in [0.5, 0.6) is 5.88 Å². The predicted octanol–water partition coefficient (Wildman–Crippen LogP) is 3.11. The number of aliphatic hydroxyl groups is 1. The van der Waals surface area contributed by atoms with Crippen LogP contribution < -0.4 is 10.1 Å². The molecule has 2 saturated heterocycles. The highest BCUT2D eigenvalue weighted by Crippen LogP contribution is 2.33. The lowest BCUT2D eigenvalue weighted by Gasteiger charge is -2.18. The van der Waals surface area contributed by atoms with Crippen molar-refractivity contribution in [2.45, 2.75) is 32.0 Å². The summed E-state index contributed by atoms with van der Waals surface area (Å²) in [7, 11) is -2.16. The fourth-order valence-electron chi connectivity index (χ4n) is 4.05. The van der Waals surface area contributed by atoms with Gasteiger partial charge in [0.2, 0.25) is 5.88 Å². The van der Waals surface area contributed by atoms with E-state index in [1.165, 1.54) is 6.33 Å². The van der Waals surface area contributed by atoms with Gasteiger partial charge < -0.3 is 19.9 Å². The second kappa shape index (κ2) is 8.61. The van der Waals surface area contributed by atoms with E-state index in [-0.39, 0.29) is 6.61 Å². The van der Waals surface area contributed by atoms with Crippen molar-refractivity contribution in [2.24, 2.45) is 4.36 Å². The van der Waals surface area contributed by atoms with Crippen LogP contribution in [0.25, 0.3) is 10.9 Å². The molecule has 32 heavy (non-hydrogen) atoms. The second-order valence-electron chi connectivity index (χ2n) is 8.10. The number of nitrogens with one attached hydrogen (secondary N) is 1. The van der Waals surface area contributed by atoms with Crippen molar-refractivity contribution in [2.75, 3.05) is 30.0 Å². The molecule has 2 atom stereocenters. The minimum Gasteiger partial charge on any atom is -0.468 e. The third kappa shape index (κ3) is 4.25. The highest BCUT2D eigenvalue weighted by atomic mass is 32.2.